The minimum atomic E-state index is 0.909. The van der Waals surface area contributed by atoms with Gasteiger partial charge < -0.3 is 0 Å². The van der Waals surface area contributed by atoms with Crippen LogP contribution in [0.3, 0.4) is 0 Å². The minimum Gasteiger partial charge on any atom is -0.0856 e. The molecule has 0 aromatic carbocycles. The van der Waals surface area contributed by atoms with Crippen molar-refractivity contribution in [3.05, 3.63) is 11.6 Å². The maximum absolute atomic E-state index is 2.52. The van der Waals surface area contributed by atoms with E-state index in [2.05, 4.69) is 40.7 Å². The van der Waals surface area contributed by atoms with Crippen LogP contribution in [0.15, 0.2) is 11.6 Å². The number of rotatable bonds is 13. The summed E-state index contributed by atoms with van der Waals surface area (Å²) in [7, 11) is 0. The van der Waals surface area contributed by atoms with Gasteiger partial charge in [0.25, 0.3) is 0 Å². The average molecular weight is 281 g/mol. The number of unbranched alkanes of at least 4 members (excludes halogenated alkanes) is 2. The van der Waals surface area contributed by atoms with Gasteiger partial charge >= 0.3 is 0 Å². The molecular formula is C20H40. The summed E-state index contributed by atoms with van der Waals surface area (Å²) < 4.78 is 0. The predicted molar refractivity (Wildman–Crippen MR) is 94.2 cm³/mol. The van der Waals surface area contributed by atoms with Crippen molar-refractivity contribution < 1.29 is 0 Å². The van der Waals surface area contributed by atoms with Crippen LogP contribution < -0.4 is 0 Å². The van der Waals surface area contributed by atoms with E-state index in [4.69, 9.17) is 0 Å². The van der Waals surface area contributed by atoms with E-state index in [0.29, 0.717) is 0 Å². The van der Waals surface area contributed by atoms with E-state index in [0.717, 1.165) is 11.8 Å². The molecule has 0 aromatic heterocycles. The molecule has 0 radical (unpaired) electrons. The zero-order chi connectivity index (χ0) is 15.2. The van der Waals surface area contributed by atoms with Gasteiger partial charge in [0.15, 0.2) is 0 Å². The fourth-order valence-electron chi connectivity index (χ4n) is 2.88. The van der Waals surface area contributed by atoms with Gasteiger partial charge in [0.05, 0.1) is 0 Å². The van der Waals surface area contributed by atoms with Crippen LogP contribution in [0.25, 0.3) is 0 Å². The van der Waals surface area contributed by atoms with Gasteiger partial charge in [0.1, 0.15) is 0 Å². The second-order valence-electron chi connectivity index (χ2n) is 6.83. The van der Waals surface area contributed by atoms with Crippen LogP contribution in [0.2, 0.25) is 0 Å². The zero-order valence-electron chi connectivity index (χ0n) is 15.0. The average Bonchev–Trinajstić information content (AvgIpc) is 2.46. The van der Waals surface area contributed by atoms with Crippen molar-refractivity contribution in [2.45, 2.75) is 105 Å². The lowest BCUT2D eigenvalue weighted by Crippen LogP contribution is -1.98. The fraction of sp³-hybridized carbons (Fsp3) is 0.900. The van der Waals surface area contributed by atoms with Crippen LogP contribution in [0, 0.1) is 11.8 Å². The third kappa shape index (κ3) is 11.6. The van der Waals surface area contributed by atoms with Gasteiger partial charge in [-0.05, 0) is 44.4 Å². The Balaban J connectivity index is 3.77. The normalized spacial score (nSPS) is 15.3. The molecule has 0 spiro atoms. The highest BCUT2D eigenvalue weighted by molar-refractivity contribution is 4.98. The lowest BCUT2D eigenvalue weighted by atomic mass is 9.93. The minimum absolute atomic E-state index is 0.909. The smallest absolute Gasteiger partial charge is 0.0321 e. The molecule has 0 nitrogen and oxygen atoms in total. The highest BCUT2D eigenvalue weighted by Crippen LogP contribution is 2.21. The first kappa shape index (κ1) is 19.7. The second-order valence-corrected chi connectivity index (χ2v) is 6.83. The third-order valence-corrected chi connectivity index (χ3v) is 4.69. The first-order valence-electron chi connectivity index (χ1n) is 9.29. The predicted octanol–water partition coefficient (Wildman–Crippen LogP) is 7.54. The maximum atomic E-state index is 2.52. The van der Waals surface area contributed by atoms with Crippen molar-refractivity contribution >= 4 is 0 Å². The Morgan fingerprint density at radius 1 is 0.900 bits per heavy atom. The van der Waals surface area contributed by atoms with E-state index in [-0.39, 0.29) is 0 Å². The maximum Gasteiger partial charge on any atom is -0.0321 e. The Kier molecular flexibility index (Phi) is 13.5. The van der Waals surface area contributed by atoms with Crippen molar-refractivity contribution in [1.29, 1.82) is 0 Å². The van der Waals surface area contributed by atoms with Crippen LogP contribution in [0.1, 0.15) is 105 Å². The van der Waals surface area contributed by atoms with E-state index >= 15 is 0 Å². The SMILES string of the molecule is CCCCC(C)CCC(C)=CCCC(CC)CCCC. The van der Waals surface area contributed by atoms with Gasteiger partial charge in [-0.2, -0.15) is 0 Å². The van der Waals surface area contributed by atoms with E-state index in [1.165, 1.54) is 70.6 Å². The first-order chi connectivity index (χ1) is 9.63. The number of hydrogen-bond acceptors (Lipinski definition) is 0. The highest BCUT2D eigenvalue weighted by Gasteiger charge is 2.05. The summed E-state index contributed by atoms with van der Waals surface area (Å²) in [5.74, 6) is 1.87. The molecule has 0 aliphatic carbocycles. The van der Waals surface area contributed by atoms with Crippen molar-refractivity contribution in [3.63, 3.8) is 0 Å². The Hall–Kier alpha value is -0.260. The molecule has 2 atom stereocenters. The van der Waals surface area contributed by atoms with Crippen LogP contribution in [0.4, 0.5) is 0 Å². The first-order valence-corrected chi connectivity index (χ1v) is 9.29. The molecule has 120 valence electrons. The Morgan fingerprint density at radius 2 is 1.55 bits per heavy atom. The summed E-state index contributed by atoms with van der Waals surface area (Å²) >= 11 is 0. The van der Waals surface area contributed by atoms with Crippen LogP contribution in [-0.4, -0.2) is 0 Å². The lowest BCUT2D eigenvalue weighted by Gasteiger charge is -2.13. The zero-order valence-corrected chi connectivity index (χ0v) is 15.0. The molecular weight excluding hydrogens is 240 g/mol. The molecule has 0 heteroatoms. The van der Waals surface area contributed by atoms with Crippen molar-refractivity contribution in [2.75, 3.05) is 0 Å². The molecule has 0 aromatic rings. The highest BCUT2D eigenvalue weighted by atomic mass is 14.1. The Labute approximate surface area is 129 Å². The van der Waals surface area contributed by atoms with Crippen LogP contribution in [0.5, 0.6) is 0 Å². The summed E-state index contributed by atoms with van der Waals surface area (Å²) in [6.07, 6.45) is 17.6. The molecule has 20 heavy (non-hydrogen) atoms. The van der Waals surface area contributed by atoms with Gasteiger partial charge in [-0.25, -0.2) is 0 Å². The number of allylic oxidation sites excluding steroid dienone is 2. The van der Waals surface area contributed by atoms with Crippen molar-refractivity contribution in [1.82, 2.24) is 0 Å². The second kappa shape index (κ2) is 13.7. The largest absolute Gasteiger partial charge is 0.0856 e. The summed E-state index contributed by atoms with van der Waals surface area (Å²) in [6, 6.07) is 0. The molecule has 0 N–H and O–H groups in total. The monoisotopic (exact) mass is 280 g/mol. The fourth-order valence-corrected chi connectivity index (χ4v) is 2.88. The molecule has 2 unspecified atom stereocenters. The Bertz CT molecular complexity index is 226. The summed E-state index contributed by atoms with van der Waals surface area (Å²) in [5.41, 5.74) is 1.62. The topological polar surface area (TPSA) is 0 Å². The van der Waals surface area contributed by atoms with E-state index in [1.54, 1.807) is 5.57 Å². The standard InChI is InChI=1S/C20H40/c1-6-9-12-18(4)16-17-19(5)13-11-15-20(8-3)14-10-7-2/h13,18,20H,6-12,14-17H2,1-5H3. The summed E-state index contributed by atoms with van der Waals surface area (Å²) in [5, 5.41) is 0. The molecule has 0 fully saturated rings. The van der Waals surface area contributed by atoms with Gasteiger partial charge in [0.2, 0.25) is 0 Å². The molecule has 0 rings (SSSR count). The summed E-state index contributed by atoms with van der Waals surface area (Å²) in [6.45, 7) is 11.7. The van der Waals surface area contributed by atoms with Crippen LogP contribution >= 0.6 is 0 Å². The summed E-state index contributed by atoms with van der Waals surface area (Å²) in [4.78, 5) is 0. The van der Waals surface area contributed by atoms with Gasteiger partial charge in [-0.3, -0.25) is 0 Å². The molecule has 0 aliphatic heterocycles. The Morgan fingerprint density at radius 3 is 2.15 bits per heavy atom. The quantitative estimate of drug-likeness (QED) is 0.306. The van der Waals surface area contributed by atoms with Gasteiger partial charge in [-0.15, -0.1) is 0 Å². The van der Waals surface area contributed by atoms with Gasteiger partial charge in [0, 0.05) is 0 Å². The third-order valence-electron chi connectivity index (χ3n) is 4.69. The molecule has 0 saturated carbocycles. The van der Waals surface area contributed by atoms with Crippen molar-refractivity contribution in [2.24, 2.45) is 11.8 Å². The van der Waals surface area contributed by atoms with Crippen LogP contribution in [-0.2, 0) is 0 Å². The van der Waals surface area contributed by atoms with Gasteiger partial charge in [-0.1, -0.05) is 84.3 Å². The molecule has 0 aliphatic rings. The molecule has 0 bridgehead atoms. The van der Waals surface area contributed by atoms with E-state index in [1.807, 2.05) is 0 Å². The molecule has 0 amide bonds. The van der Waals surface area contributed by atoms with E-state index < -0.39 is 0 Å². The van der Waals surface area contributed by atoms with E-state index in [9.17, 15) is 0 Å². The molecule has 0 heterocycles. The lowest BCUT2D eigenvalue weighted by molar-refractivity contribution is 0.424. The molecule has 0 saturated heterocycles. The van der Waals surface area contributed by atoms with Crippen molar-refractivity contribution in [3.8, 4) is 0 Å². The number of hydrogen-bond donors (Lipinski definition) is 0.